The first-order chi connectivity index (χ1) is 19.0. The summed E-state index contributed by atoms with van der Waals surface area (Å²) in [6.07, 6.45) is 0. The monoisotopic (exact) mass is 546 g/mol. The van der Waals surface area contributed by atoms with E-state index in [2.05, 4.69) is 39.8 Å². The molecule has 2 aliphatic rings. The van der Waals surface area contributed by atoms with Gasteiger partial charge in [-0.05, 0) is 80.9 Å². The summed E-state index contributed by atoms with van der Waals surface area (Å²) in [6, 6.07) is 31.5. The van der Waals surface area contributed by atoms with E-state index < -0.39 is 7.14 Å². The Hall–Kier alpha value is -3.81. The van der Waals surface area contributed by atoms with E-state index >= 15 is 4.57 Å². The molecule has 0 atom stereocenters. The van der Waals surface area contributed by atoms with Crippen molar-refractivity contribution in [2.45, 2.75) is 38.5 Å². The first-order valence-corrected chi connectivity index (χ1v) is 15.3. The second-order valence-electron chi connectivity index (χ2n) is 12.0. The van der Waals surface area contributed by atoms with E-state index in [1.807, 2.05) is 66.7 Å². The van der Waals surface area contributed by atoms with Gasteiger partial charge < -0.3 is 4.57 Å². The molecule has 0 amide bonds. The number of hydrogen-bond donors (Lipinski definition) is 0. The SMILES string of the molecule is CC1(C)c2ccc(F)cc2-c2cc(P(=O)(c3ccccc3)c3ccc4c(c3)-c3cc(F)ccc3C4(C)C)ccc21. The molecule has 5 aromatic carbocycles. The molecular formula is C36H29F2OP. The maximum absolute atomic E-state index is 15.6. The summed E-state index contributed by atoms with van der Waals surface area (Å²) in [5.41, 5.74) is 7.27. The van der Waals surface area contributed by atoms with Gasteiger partial charge in [-0.3, -0.25) is 0 Å². The fourth-order valence-corrected chi connectivity index (χ4v) is 9.61. The minimum absolute atomic E-state index is 0.286. The van der Waals surface area contributed by atoms with Crippen LogP contribution in [0.15, 0.2) is 103 Å². The minimum atomic E-state index is -3.36. The summed E-state index contributed by atoms with van der Waals surface area (Å²) in [5, 5.41) is 2.12. The molecular weight excluding hydrogens is 517 g/mol. The van der Waals surface area contributed by atoms with Gasteiger partial charge in [-0.1, -0.05) is 94.4 Å². The zero-order valence-electron chi connectivity index (χ0n) is 22.9. The van der Waals surface area contributed by atoms with Crippen LogP contribution in [0.5, 0.6) is 0 Å². The molecule has 0 bridgehead atoms. The highest BCUT2D eigenvalue weighted by Crippen LogP contribution is 2.53. The largest absolute Gasteiger partial charge is 0.309 e. The van der Waals surface area contributed by atoms with Crippen molar-refractivity contribution < 1.29 is 13.3 Å². The van der Waals surface area contributed by atoms with E-state index in [1.165, 1.54) is 12.1 Å². The molecule has 0 saturated heterocycles. The molecule has 0 spiro atoms. The molecule has 0 radical (unpaired) electrons. The van der Waals surface area contributed by atoms with Gasteiger partial charge in [0.05, 0.1) is 0 Å². The van der Waals surface area contributed by atoms with Crippen LogP contribution in [0.4, 0.5) is 8.78 Å². The highest BCUT2D eigenvalue weighted by atomic mass is 31.2. The Morgan fingerprint density at radius 3 is 1.27 bits per heavy atom. The van der Waals surface area contributed by atoms with Gasteiger partial charge in [-0.15, -0.1) is 0 Å². The molecule has 4 heteroatoms. The van der Waals surface area contributed by atoms with Crippen LogP contribution in [0.3, 0.4) is 0 Å². The molecule has 0 aromatic heterocycles. The first-order valence-electron chi connectivity index (χ1n) is 13.6. The molecule has 198 valence electrons. The zero-order chi connectivity index (χ0) is 28.0. The fourth-order valence-electron chi connectivity index (χ4n) is 6.94. The lowest BCUT2D eigenvalue weighted by atomic mass is 9.82. The third-order valence-electron chi connectivity index (χ3n) is 9.09. The van der Waals surface area contributed by atoms with Crippen molar-refractivity contribution in [2.24, 2.45) is 0 Å². The lowest BCUT2D eigenvalue weighted by Gasteiger charge is -2.25. The van der Waals surface area contributed by atoms with Crippen LogP contribution < -0.4 is 15.9 Å². The highest BCUT2D eigenvalue weighted by Gasteiger charge is 2.40. The number of benzene rings is 5. The van der Waals surface area contributed by atoms with Crippen LogP contribution >= 0.6 is 7.14 Å². The standard InChI is InChI=1S/C36H29F2OP/c1-35(2)31-14-10-22(37)18-27(31)29-20-25(12-16-33(29)35)40(39,24-8-6-5-7-9-24)26-13-17-34-30(21-26)28-19-23(38)11-15-32(28)36(34,3)4/h5-21H,1-4H3. The summed E-state index contributed by atoms with van der Waals surface area (Å²) in [4.78, 5) is 0. The van der Waals surface area contributed by atoms with Crippen LogP contribution in [-0.4, -0.2) is 0 Å². The van der Waals surface area contributed by atoms with E-state index in [9.17, 15) is 8.78 Å². The van der Waals surface area contributed by atoms with Gasteiger partial charge in [0.1, 0.15) is 11.6 Å². The summed E-state index contributed by atoms with van der Waals surface area (Å²) < 4.78 is 44.4. The Kier molecular flexibility index (Phi) is 5.26. The average molecular weight is 547 g/mol. The van der Waals surface area contributed by atoms with Crippen molar-refractivity contribution in [1.29, 1.82) is 0 Å². The van der Waals surface area contributed by atoms with Crippen molar-refractivity contribution in [3.05, 3.63) is 137 Å². The molecule has 0 fully saturated rings. The topological polar surface area (TPSA) is 17.1 Å². The van der Waals surface area contributed by atoms with Crippen molar-refractivity contribution in [2.75, 3.05) is 0 Å². The molecule has 0 aliphatic heterocycles. The van der Waals surface area contributed by atoms with Crippen molar-refractivity contribution >= 4 is 23.1 Å². The molecule has 7 rings (SSSR count). The first kappa shape index (κ1) is 25.2. The summed E-state index contributed by atoms with van der Waals surface area (Å²) in [5.74, 6) is -0.572. The minimum Gasteiger partial charge on any atom is -0.309 e. The van der Waals surface area contributed by atoms with E-state index in [0.29, 0.717) is 10.6 Å². The lowest BCUT2D eigenvalue weighted by Crippen LogP contribution is -2.26. The highest BCUT2D eigenvalue weighted by molar-refractivity contribution is 7.85. The summed E-state index contributed by atoms with van der Waals surface area (Å²) >= 11 is 0. The van der Waals surface area contributed by atoms with Gasteiger partial charge in [0.15, 0.2) is 7.14 Å². The predicted octanol–water partition coefficient (Wildman–Crippen LogP) is 8.22. The van der Waals surface area contributed by atoms with Gasteiger partial charge in [-0.25, -0.2) is 8.78 Å². The Bertz CT molecular complexity index is 1790. The molecule has 0 heterocycles. The molecule has 0 unspecified atom stereocenters. The average Bonchev–Trinajstić information content (AvgIpc) is 3.31. The van der Waals surface area contributed by atoms with E-state index in [1.54, 1.807) is 12.1 Å². The Labute approximate surface area is 233 Å². The Morgan fingerprint density at radius 2 is 0.850 bits per heavy atom. The molecule has 1 nitrogen and oxygen atoms in total. The van der Waals surface area contributed by atoms with E-state index in [0.717, 1.165) is 49.8 Å². The molecule has 40 heavy (non-hydrogen) atoms. The van der Waals surface area contributed by atoms with Gasteiger partial charge in [0, 0.05) is 26.7 Å². The van der Waals surface area contributed by atoms with Crippen molar-refractivity contribution in [3.8, 4) is 22.3 Å². The zero-order valence-corrected chi connectivity index (χ0v) is 23.8. The molecule has 5 aromatic rings. The predicted molar refractivity (Wildman–Crippen MR) is 161 cm³/mol. The van der Waals surface area contributed by atoms with Crippen LogP contribution in [0.1, 0.15) is 49.9 Å². The number of fused-ring (bicyclic) bond motifs is 6. The van der Waals surface area contributed by atoms with Crippen molar-refractivity contribution in [3.63, 3.8) is 0 Å². The molecule has 0 N–H and O–H groups in total. The van der Waals surface area contributed by atoms with E-state index in [4.69, 9.17) is 0 Å². The lowest BCUT2D eigenvalue weighted by molar-refractivity contribution is 0.592. The van der Waals surface area contributed by atoms with Gasteiger partial charge >= 0.3 is 0 Å². The normalized spacial score (nSPS) is 15.8. The van der Waals surface area contributed by atoms with Gasteiger partial charge in [0.2, 0.25) is 0 Å². The third kappa shape index (κ3) is 3.34. The maximum Gasteiger partial charge on any atom is 0.171 e. The number of halogens is 2. The van der Waals surface area contributed by atoms with Crippen LogP contribution in [0.25, 0.3) is 22.3 Å². The Balaban J connectivity index is 1.49. The second kappa shape index (κ2) is 8.35. The van der Waals surface area contributed by atoms with Crippen molar-refractivity contribution in [1.82, 2.24) is 0 Å². The molecule has 2 aliphatic carbocycles. The fraction of sp³-hybridized carbons (Fsp3) is 0.167. The Morgan fingerprint density at radius 1 is 0.475 bits per heavy atom. The smallest absolute Gasteiger partial charge is 0.171 e. The van der Waals surface area contributed by atoms with Gasteiger partial charge in [-0.2, -0.15) is 0 Å². The van der Waals surface area contributed by atoms with Crippen LogP contribution in [0.2, 0.25) is 0 Å². The second-order valence-corrected chi connectivity index (χ2v) is 14.8. The quantitative estimate of drug-likeness (QED) is 0.209. The van der Waals surface area contributed by atoms with Gasteiger partial charge in [0.25, 0.3) is 0 Å². The third-order valence-corrected chi connectivity index (χ3v) is 12.1. The number of hydrogen-bond acceptors (Lipinski definition) is 1. The maximum atomic E-state index is 15.6. The summed E-state index contributed by atoms with van der Waals surface area (Å²) in [7, 11) is -3.36. The summed E-state index contributed by atoms with van der Waals surface area (Å²) in [6.45, 7) is 8.57. The molecule has 0 saturated carbocycles. The van der Waals surface area contributed by atoms with Crippen LogP contribution in [-0.2, 0) is 15.4 Å². The number of rotatable bonds is 3. The van der Waals surface area contributed by atoms with Crippen LogP contribution in [0, 0.1) is 11.6 Å². The van der Waals surface area contributed by atoms with E-state index in [-0.39, 0.29) is 22.5 Å².